The van der Waals surface area contributed by atoms with E-state index in [9.17, 15) is 0 Å². The number of ether oxygens (including phenoxy) is 1. The molecule has 3 nitrogen and oxygen atoms in total. The van der Waals surface area contributed by atoms with Gasteiger partial charge in [0.25, 0.3) is 0 Å². The second kappa shape index (κ2) is 20.1. The Labute approximate surface area is 370 Å². The average Bonchev–Trinajstić information content (AvgIpc) is 3.79. The molecule has 3 heterocycles. The average molecular weight is 813 g/mol. The molecule has 6 aromatic carbocycles. The van der Waals surface area contributed by atoms with Crippen LogP contribution in [0.25, 0.3) is 11.1 Å². The molecule has 1 aliphatic carbocycles. The van der Waals surface area contributed by atoms with Crippen molar-refractivity contribution in [2.75, 3.05) is 17.3 Å². The molecule has 6 aromatic rings. The number of rotatable bonds is 8. The Morgan fingerprint density at radius 1 is 0.758 bits per heavy atom. The second-order valence-electron chi connectivity index (χ2n) is 15.4. The van der Waals surface area contributed by atoms with Gasteiger partial charge in [-0.1, -0.05) is 198 Å². The Kier molecular flexibility index (Phi) is 14.1. The van der Waals surface area contributed by atoms with Gasteiger partial charge in [0.1, 0.15) is 11.9 Å². The molecule has 1 atom stereocenters. The van der Waals surface area contributed by atoms with E-state index in [2.05, 4.69) is 218 Å². The third kappa shape index (κ3) is 8.41. The van der Waals surface area contributed by atoms with E-state index in [0.29, 0.717) is 0 Å². The van der Waals surface area contributed by atoms with Gasteiger partial charge in [-0.25, -0.2) is 0 Å². The molecular formula is C59H60N2O. The Hall–Kier alpha value is -6.84. The number of nitrogens with zero attached hydrogens (tertiary/aromatic N) is 1. The fourth-order valence-corrected chi connectivity index (χ4v) is 8.92. The van der Waals surface area contributed by atoms with Crippen LogP contribution in [0.2, 0.25) is 0 Å². The van der Waals surface area contributed by atoms with Crippen LogP contribution < -0.4 is 15.0 Å². The molecule has 10 rings (SSSR count). The zero-order valence-corrected chi connectivity index (χ0v) is 37.2. The van der Waals surface area contributed by atoms with Gasteiger partial charge in [-0.15, -0.1) is 0 Å². The van der Waals surface area contributed by atoms with E-state index in [1.807, 2.05) is 34.7 Å². The molecule has 0 aromatic heterocycles. The molecule has 1 unspecified atom stereocenters. The zero-order valence-electron chi connectivity index (χ0n) is 37.2. The van der Waals surface area contributed by atoms with Gasteiger partial charge >= 0.3 is 0 Å². The van der Waals surface area contributed by atoms with Gasteiger partial charge in [0.2, 0.25) is 0 Å². The summed E-state index contributed by atoms with van der Waals surface area (Å²) in [7, 11) is 1.99. The molecule has 1 N–H and O–H groups in total. The van der Waals surface area contributed by atoms with E-state index in [4.69, 9.17) is 4.74 Å². The summed E-state index contributed by atoms with van der Waals surface area (Å²) in [5.41, 5.74) is 16.5. The van der Waals surface area contributed by atoms with Crippen LogP contribution in [0.1, 0.15) is 98.1 Å². The lowest BCUT2D eigenvalue weighted by atomic mass is 9.61. The summed E-state index contributed by atoms with van der Waals surface area (Å²) in [4.78, 5) is 2.36. The maximum Gasteiger partial charge on any atom is 0.146 e. The van der Waals surface area contributed by atoms with E-state index in [-0.39, 0.29) is 6.10 Å². The standard InChI is InChI=1S/C43H36N2O.C12H12.2C2H6/c1-29(31-17-7-4-8-18-31)15-13-23-39-35-28-37-41-40(42(35)46-39)30(2)16-14-26-45(41)38-25-24-34(44-3)27-36(38)43(37,32-19-9-5-10-20-32)33-21-11-6-12-22-33;1-2-6-11(7-3-1)10-12-8-4-5-9-12;2*1-2/h4-15,17-28,39,44H,2,16H2,1,3H3;1-8H,9-10H2;2*1-2H3/b23-13-,29-15+;;;. The van der Waals surface area contributed by atoms with E-state index >= 15 is 0 Å². The molecule has 0 fully saturated rings. The van der Waals surface area contributed by atoms with Crippen molar-refractivity contribution in [1.82, 2.24) is 0 Å². The number of nitrogens with one attached hydrogen (secondary N) is 1. The first-order valence-electron chi connectivity index (χ1n) is 22.3. The summed E-state index contributed by atoms with van der Waals surface area (Å²) in [5.74, 6) is 0.946. The number of hydrogen-bond donors (Lipinski definition) is 1. The van der Waals surface area contributed by atoms with Crippen LogP contribution in [0.5, 0.6) is 5.75 Å². The third-order valence-electron chi connectivity index (χ3n) is 11.8. The highest BCUT2D eigenvalue weighted by Crippen LogP contribution is 2.62. The molecule has 3 aliphatic heterocycles. The van der Waals surface area contributed by atoms with Crippen LogP contribution in [0.3, 0.4) is 0 Å². The van der Waals surface area contributed by atoms with Crippen LogP contribution in [-0.4, -0.2) is 7.05 Å². The highest BCUT2D eigenvalue weighted by atomic mass is 16.5. The van der Waals surface area contributed by atoms with Crippen molar-refractivity contribution in [3.63, 3.8) is 0 Å². The molecule has 312 valence electrons. The summed E-state index contributed by atoms with van der Waals surface area (Å²) in [6, 6.07) is 52.2. The van der Waals surface area contributed by atoms with Gasteiger partial charge in [0.05, 0.1) is 16.8 Å². The zero-order chi connectivity index (χ0) is 43.5. The highest BCUT2D eigenvalue weighted by Gasteiger charge is 2.49. The van der Waals surface area contributed by atoms with Crippen molar-refractivity contribution in [3.8, 4) is 5.75 Å². The first-order chi connectivity index (χ1) is 30.6. The van der Waals surface area contributed by atoms with Crippen molar-refractivity contribution in [1.29, 1.82) is 0 Å². The van der Waals surface area contributed by atoms with Gasteiger partial charge in [-0.05, 0) is 101 Å². The number of anilines is 3. The van der Waals surface area contributed by atoms with Gasteiger partial charge in [0, 0.05) is 30.1 Å². The summed E-state index contributed by atoms with van der Waals surface area (Å²) < 4.78 is 6.63. The molecule has 0 bridgehead atoms. The van der Waals surface area contributed by atoms with Gasteiger partial charge < -0.3 is 15.0 Å². The van der Waals surface area contributed by atoms with Crippen LogP contribution in [-0.2, 0) is 11.8 Å². The number of benzene rings is 6. The Bertz CT molecular complexity index is 2570. The van der Waals surface area contributed by atoms with Crippen molar-refractivity contribution in [2.45, 2.75) is 65.4 Å². The predicted octanol–water partition coefficient (Wildman–Crippen LogP) is 15.8. The van der Waals surface area contributed by atoms with E-state index in [1.165, 1.54) is 50.1 Å². The van der Waals surface area contributed by atoms with Crippen molar-refractivity contribution in [3.05, 3.63) is 251 Å². The lowest BCUT2D eigenvalue weighted by Gasteiger charge is -2.48. The predicted molar refractivity (Wildman–Crippen MR) is 267 cm³/mol. The van der Waals surface area contributed by atoms with Gasteiger partial charge in [-0.2, -0.15) is 0 Å². The minimum absolute atomic E-state index is 0.150. The van der Waals surface area contributed by atoms with Gasteiger partial charge in [0.15, 0.2) is 0 Å². The fraction of sp³-hybridized carbons (Fsp3) is 0.186. The smallest absolute Gasteiger partial charge is 0.146 e. The number of hydrogen-bond acceptors (Lipinski definition) is 3. The SMILES string of the molecule is C1=CCC(Cc2ccccc2)=C1.C=C1CC=CN2c3ccc(NC)cc3C(c3ccccc3)(c3ccccc3)c3cc4c(c1c32)OC4/C=C\C=C(/C)c1ccccc1.CC.CC. The van der Waals surface area contributed by atoms with Crippen LogP contribution in [0, 0.1) is 0 Å². The molecule has 0 amide bonds. The molecule has 4 aliphatic rings. The van der Waals surface area contributed by atoms with Crippen molar-refractivity contribution >= 4 is 28.2 Å². The quantitative estimate of drug-likeness (QED) is 0.155. The summed E-state index contributed by atoms with van der Waals surface area (Å²) in [5, 5.41) is 3.42. The molecule has 62 heavy (non-hydrogen) atoms. The lowest BCUT2D eigenvalue weighted by molar-refractivity contribution is 0.192. The second-order valence-corrected chi connectivity index (χ2v) is 15.4. The van der Waals surface area contributed by atoms with Crippen molar-refractivity contribution < 1.29 is 4.74 Å². The lowest BCUT2D eigenvalue weighted by Crippen LogP contribution is -2.39. The first kappa shape index (κ1) is 43.3. The summed E-state index contributed by atoms with van der Waals surface area (Å²) in [6.45, 7) is 14.8. The van der Waals surface area contributed by atoms with E-state index < -0.39 is 5.41 Å². The summed E-state index contributed by atoms with van der Waals surface area (Å²) in [6.07, 6.45) is 20.3. The molecule has 0 saturated heterocycles. The molecule has 3 heteroatoms. The van der Waals surface area contributed by atoms with Crippen molar-refractivity contribution in [2.24, 2.45) is 0 Å². The minimum Gasteiger partial charge on any atom is -0.480 e. The third-order valence-corrected chi connectivity index (χ3v) is 11.8. The monoisotopic (exact) mass is 812 g/mol. The molecule has 0 spiro atoms. The maximum absolute atomic E-state index is 6.63. The Morgan fingerprint density at radius 3 is 2.00 bits per heavy atom. The molecule has 0 radical (unpaired) electrons. The normalized spacial score (nSPS) is 15.9. The Morgan fingerprint density at radius 2 is 1.39 bits per heavy atom. The first-order valence-corrected chi connectivity index (χ1v) is 22.3. The number of fused-ring (bicyclic) bond motifs is 4. The molecular weight excluding hydrogens is 753 g/mol. The van der Waals surface area contributed by atoms with E-state index in [1.54, 1.807) is 0 Å². The van der Waals surface area contributed by atoms with Crippen LogP contribution in [0.15, 0.2) is 206 Å². The van der Waals surface area contributed by atoms with Gasteiger partial charge in [-0.3, -0.25) is 0 Å². The van der Waals surface area contributed by atoms with Crippen LogP contribution in [0.4, 0.5) is 17.1 Å². The highest BCUT2D eigenvalue weighted by molar-refractivity contribution is 5.96. The largest absolute Gasteiger partial charge is 0.480 e. The number of allylic oxidation sites excluding steroid dienone is 9. The summed E-state index contributed by atoms with van der Waals surface area (Å²) >= 11 is 0. The topological polar surface area (TPSA) is 24.5 Å². The molecule has 0 saturated carbocycles. The minimum atomic E-state index is -0.577. The fourth-order valence-electron chi connectivity index (χ4n) is 8.92. The van der Waals surface area contributed by atoms with Crippen LogP contribution >= 0.6 is 0 Å². The Balaban J connectivity index is 0.000000306. The van der Waals surface area contributed by atoms with E-state index in [0.717, 1.165) is 53.2 Å². The maximum atomic E-state index is 6.63.